The van der Waals surface area contributed by atoms with Gasteiger partial charge in [0.15, 0.2) is 0 Å². The number of ether oxygens (including phenoxy) is 3. The second-order valence-electron chi connectivity index (χ2n) is 7.38. The van der Waals surface area contributed by atoms with Crippen LogP contribution >= 0.6 is 11.6 Å². The number of hydrogen-bond donors (Lipinski definition) is 1. The van der Waals surface area contributed by atoms with Gasteiger partial charge in [0.25, 0.3) is 0 Å². The minimum atomic E-state index is -1.46. The van der Waals surface area contributed by atoms with Crippen LogP contribution in [0.2, 0.25) is 5.02 Å². The summed E-state index contributed by atoms with van der Waals surface area (Å²) in [7, 11) is 2.76. The van der Waals surface area contributed by atoms with Gasteiger partial charge in [-0.2, -0.15) is 0 Å². The highest BCUT2D eigenvalue weighted by molar-refractivity contribution is 6.32. The van der Waals surface area contributed by atoms with Crippen molar-refractivity contribution in [1.29, 1.82) is 0 Å². The van der Waals surface area contributed by atoms with Gasteiger partial charge in [-0.25, -0.2) is 0 Å². The zero-order valence-corrected chi connectivity index (χ0v) is 17.1. The number of hydrogen-bond acceptors (Lipinski definition) is 7. The van der Waals surface area contributed by atoms with E-state index in [2.05, 4.69) is 5.32 Å². The van der Waals surface area contributed by atoms with Gasteiger partial charge in [0.1, 0.15) is 17.2 Å². The summed E-state index contributed by atoms with van der Waals surface area (Å²) in [5, 5.41) is 3.60. The van der Waals surface area contributed by atoms with Gasteiger partial charge in [-0.1, -0.05) is 48.0 Å². The molecule has 30 heavy (non-hydrogen) atoms. The van der Waals surface area contributed by atoms with Gasteiger partial charge in [0.2, 0.25) is 0 Å². The molecule has 2 aromatic carbocycles. The summed E-state index contributed by atoms with van der Waals surface area (Å²) in [6, 6.07) is 13.6. The Balaban J connectivity index is 1.82. The normalized spacial score (nSPS) is 27.5. The largest absolute Gasteiger partial charge is 0.495 e. The Bertz CT molecular complexity index is 1010. The molecule has 8 heteroatoms. The van der Waals surface area contributed by atoms with Crippen molar-refractivity contribution >= 4 is 29.5 Å². The number of esters is 3. The van der Waals surface area contributed by atoms with Gasteiger partial charge in [-0.3, -0.25) is 19.7 Å². The fourth-order valence-corrected chi connectivity index (χ4v) is 4.76. The maximum absolute atomic E-state index is 13.0. The second-order valence-corrected chi connectivity index (χ2v) is 7.79. The van der Waals surface area contributed by atoms with Crippen LogP contribution in [0.4, 0.5) is 0 Å². The SMILES string of the molecule is COC(=O)C1(Cc2ccccc2)NC(c2ccc(OC)c(Cl)c2)C2C(=O)OC(=O)C21. The molecule has 4 unspecified atom stereocenters. The number of nitrogens with one attached hydrogen (secondary N) is 1. The zero-order chi connectivity index (χ0) is 21.5. The first-order valence-electron chi connectivity index (χ1n) is 9.40. The van der Waals surface area contributed by atoms with Crippen LogP contribution in [0, 0.1) is 11.8 Å². The minimum Gasteiger partial charge on any atom is -0.495 e. The van der Waals surface area contributed by atoms with E-state index in [9.17, 15) is 14.4 Å². The lowest BCUT2D eigenvalue weighted by Gasteiger charge is -2.31. The molecule has 2 saturated heterocycles. The number of carbonyl (C=O) groups is 3. The van der Waals surface area contributed by atoms with Crippen molar-refractivity contribution in [1.82, 2.24) is 5.32 Å². The Kier molecular flexibility index (Phi) is 5.26. The van der Waals surface area contributed by atoms with Crippen LogP contribution in [0.25, 0.3) is 0 Å². The number of methoxy groups -OCH3 is 2. The van der Waals surface area contributed by atoms with Crippen molar-refractivity contribution < 1.29 is 28.6 Å². The standard InChI is InChI=1S/C22H20ClNO6/c1-28-15-9-8-13(10-14(15)23)18-16-17(20(26)30-19(16)25)22(24-18,21(27)29-2)11-12-6-4-3-5-7-12/h3-10,16-18,24H,11H2,1-2H3. The van der Waals surface area contributed by atoms with Gasteiger partial charge >= 0.3 is 17.9 Å². The summed E-state index contributed by atoms with van der Waals surface area (Å²) in [6.45, 7) is 0. The second kappa shape index (κ2) is 7.74. The molecule has 7 nitrogen and oxygen atoms in total. The molecule has 2 aliphatic rings. The topological polar surface area (TPSA) is 90.9 Å². The molecule has 0 amide bonds. The van der Waals surface area contributed by atoms with Gasteiger partial charge < -0.3 is 14.2 Å². The summed E-state index contributed by atoms with van der Waals surface area (Å²) in [5.74, 6) is -3.47. The van der Waals surface area contributed by atoms with Crippen LogP contribution in [0.15, 0.2) is 48.5 Å². The maximum Gasteiger partial charge on any atom is 0.327 e. The van der Waals surface area contributed by atoms with E-state index in [0.717, 1.165) is 5.56 Å². The summed E-state index contributed by atoms with van der Waals surface area (Å²) in [4.78, 5) is 38.3. The molecule has 2 aromatic rings. The Morgan fingerprint density at radius 3 is 2.50 bits per heavy atom. The van der Waals surface area contributed by atoms with Crippen LogP contribution in [0.5, 0.6) is 5.75 Å². The average molecular weight is 430 g/mol. The lowest BCUT2D eigenvalue weighted by molar-refractivity contribution is -0.160. The quantitative estimate of drug-likeness (QED) is 0.576. The van der Waals surface area contributed by atoms with Crippen molar-refractivity contribution in [3.8, 4) is 5.75 Å². The molecule has 4 atom stereocenters. The molecule has 0 saturated carbocycles. The molecular weight excluding hydrogens is 410 g/mol. The fraction of sp³-hybridized carbons (Fsp3) is 0.318. The predicted octanol–water partition coefficient (Wildman–Crippen LogP) is 2.46. The maximum atomic E-state index is 13.0. The summed E-state index contributed by atoms with van der Waals surface area (Å²) in [5.41, 5.74) is -0.00263. The van der Waals surface area contributed by atoms with E-state index in [1.807, 2.05) is 30.3 Å². The van der Waals surface area contributed by atoms with E-state index in [1.54, 1.807) is 18.2 Å². The molecule has 2 aliphatic heterocycles. The number of rotatable bonds is 5. The average Bonchev–Trinajstić information content (AvgIpc) is 3.25. The predicted molar refractivity (Wildman–Crippen MR) is 107 cm³/mol. The fourth-order valence-electron chi connectivity index (χ4n) is 4.49. The van der Waals surface area contributed by atoms with E-state index >= 15 is 0 Å². The molecule has 4 rings (SSSR count). The lowest BCUT2D eigenvalue weighted by atomic mass is 9.76. The van der Waals surface area contributed by atoms with Crippen LogP contribution < -0.4 is 10.1 Å². The number of halogens is 1. The van der Waals surface area contributed by atoms with E-state index in [1.165, 1.54) is 14.2 Å². The third kappa shape index (κ3) is 3.14. The molecule has 0 aliphatic carbocycles. The number of carbonyl (C=O) groups excluding carboxylic acids is 3. The summed E-state index contributed by atoms with van der Waals surface area (Å²) >= 11 is 6.28. The first kappa shape index (κ1) is 20.4. The van der Waals surface area contributed by atoms with Crippen molar-refractivity contribution in [2.45, 2.75) is 18.0 Å². The van der Waals surface area contributed by atoms with Crippen molar-refractivity contribution in [3.63, 3.8) is 0 Å². The van der Waals surface area contributed by atoms with Crippen LogP contribution in [-0.4, -0.2) is 37.7 Å². The molecule has 2 heterocycles. The first-order chi connectivity index (χ1) is 14.4. The van der Waals surface area contributed by atoms with Crippen molar-refractivity contribution in [2.75, 3.05) is 14.2 Å². The summed E-state index contributed by atoms with van der Waals surface area (Å²) in [6.07, 6.45) is 0.157. The van der Waals surface area contributed by atoms with Crippen LogP contribution in [0.1, 0.15) is 17.2 Å². The van der Waals surface area contributed by atoms with Gasteiger partial charge in [-0.15, -0.1) is 0 Å². The van der Waals surface area contributed by atoms with Gasteiger partial charge in [-0.05, 0) is 23.3 Å². The summed E-state index contributed by atoms with van der Waals surface area (Å²) < 4.78 is 15.2. The Morgan fingerprint density at radius 2 is 1.87 bits per heavy atom. The Labute approximate surface area is 178 Å². The monoisotopic (exact) mass is 429 g/mol. The van der Waals surface area contributed by atoms with Crippen LogP contribution in [-0.2, 0) is 30.3 Å². The van der Waals surface area contributed by atoms with Gasteiger partial charge in [0.05, 0.1) is 25.2 Å². The molecule has 0 spiro atoms. The molecule has 0 aromatic heterocycles. The molecule has 156 valence electrons. The van der Waals surface area contributed by atoms with E-state index < -0.39 is 41.3 Å². The molecule has 0 bridgehead atoms. The van der Waals surface area contributed by atoms with Gasteiger partial charge in [0, 0.05) is 12.5 Å². The molecular formula is C22H20ClNO6. The smallest absolute Gasteiger partial charge is 0.327 e. The molecule has 1 N–H and O–H groups in total. The zero-order valence-electron chi connectivity index (χ0n) is 16.4. The van der Waals surface area contributed by atoms with Crippen molar-refractivity contribution in [3.05, 3.63) is 64.7 Å². The lowest BCUT2D eigenvalue weighted by Crippen LogP contribution is -2.56. The third-order valence-electron chi connectivity index (χ3n) is 5.80. The number of fused-ring (bicyclic) bond motifs is 1. The van der Waals surface area contributed by atoms with Crippen molar-refractivity contribution in [2.24, 2.45) is 11.8 Å². The van der Waals surface area contributed by atoms with E-state index in [-0.39, 0.29) is 6.42 Å². The highest BCUT2D eigenvalue weighted by Crippen LogP contribution is 2.50. The first-order valence-corrected chi connectivity index (χ1v) is 9.78. The Hall–Kier alpha value is -2.90. The van der Waals surface area contributed by atoms with E-state index in [4.69, 9.17) is 25.8 Å². The molecule has 2 fully saturated rings. The highest BCUT2D eigenvalue weighted by Gasteiger charge is 2.68. The molecule has 0 radical (unpaired) electrons. The number of benzene rings is 2. The minimum absolute atomic E-state index is 0.157. The third-order valence-corrected chi connectivity index (χ3v) is 6.10. The van der Waals surface area contributed by atoms with Crippen LogP contribution in [0.3, 0.4) is 0 Å². The highest BCUT2D eigenvalue weighted by atomic mass is 35.5. The Morgan fingerprint density at radius 1 is 1.13 bits per heavy atom. The number of cyclic esters (lactones) is 2. The van der Waals surface area contributed by atoms with E-state index in [0.29, 0.717) is 16.3 Å².